The van der Waals surface area contributed by atoms with Gasteiger partial charge in [0.15, 0.2) is 0 Å². The molecule has 4 nitrogen and oxygen atoms in total. The molecule has 3 N–H and O–H groups in total. The van der Waals surface area contributed by atoms with E-state index in [0.717, 1.165) is 6.08 Å². The number of rotatable bonds is 2. The Hall–Kier alpha value is -1.55. The van der Waals surface area contributed by atoms with Gasteiger partial charge in [0.1, 0.15) is 5.76 Å². The Labute approximate surface area is 81.5 Å². The van der Waals surface area contributed by atoms with Gasteiger partial charge in [0.05, 0.1) is 5.60 Å². The summed E-state index contributed by atoms with van der Waals surface area (Å²) in [6.07, 6.45) is 6.49. The van der Waals surface area contributed by atoms with Crippen molar-refractivity contribution in [2.45, 2.75) is 12.5 Å². The first-order valence-electron chi connectivity index (χ1n) is 4.15. The van der Waals surface area contributed by atoms with Crippen molar-refractivity contribution in [1.82, 2.24) is 0 Å². The van der Waals surface area contributed by atoms with Crippen molar-refractivity contribution in [2.24, 2.45) is 5.92 Å². The molecule has 0 aromatic carbocycles. The van der Waals surface area contributed by atoms with Crippen molar-refractivity contribution in [3.05, 3.63) is 36.1 Å². The molecule has 76 valence electrons. The van der Waals surface area contributed by atoms with Crippen molar-refractivity contribution in [3.8, 4) is 0 Å². The van der Waals surface area contributed by atoms with Crippen molar-refractivity contribution in [1.29, 1.82) is 0 Å². The molecule has 0 saturated heterocycles. The summed E-state index contributed by atoms with van der Waals surface area (Å²) in [7, 11) is 0. The summed E-state index contributed by atoms with van der Waals surface area (Å²) in [6, 6.07) is 0. The van der Waals surface area contributed by atoms with Crippen LogP contribution < -0.4 is 0 Å². The Balaban J connectivity index is 2.86. The second kappa shape index (κ2) is 3.67. The molecule has 0 aromatic heterocycles. The lowest BCUT2D eigenvalue weighted by Gasteiger charge is -2.27. The molecule has 0 heterocycles. The van der Waals surface area contributed by atoms with Crippen LogP contribution in [0.1, 0.15) is 6.92 Å². The lowest BCUT2D eigenvalue weighted by molar-refractivity contribution is -0.131. The van der Waals surface area contributed by atoms with Crippen LogP contribution in [0.5, 0.6) is 0 Å². The third-order valence-electron chi connectivity index (χ3n) is 2.06. The smallest absolute Gasteiger partial charge is 0.327 e. The number of aliphatic hydroxyl groups excluding tert-OH is 1. The number of carboxylic acid groups (broad SMARTS) is 1. The van der Waals surface area contributed by atoms with Gasteiger partial charge in [-0.15, -0.1) is 0 Å². The average Bonchev–Trinajstić information content (AvgIpc) is 2.07. The molecular weight excluding hydrogens is 184 g/mol. The highest BCUT2D eigenvalue weighted by molar-refractivity contribution is 5.79. The van der Waals surface area contributed by atoms with E-state index in [0.29, 0.717) is 0 Å². The fraction of sp³-hybridized carbons (Fsp3) is 0.300. The first-order valence-corrected chi connectivity index (χ1v) is 4.15. The Morgan fingerprint density at radius 1 is 1.64 bits per heavy atom. The largest absolute Gasteiger partial charge is 0.508 e. The molecule has 14 heavy (non-hydrogen) atoms. The zero-order chi connectivity index (χ0) is 10.8. The predicted octanol–water partition coefficient (Wildman–Crippen LogP) is 1.01. The van der Waals surface area contributed by atoms with Crippen molar-refractivity contribution in [3.63, 3.8) is 0 Å². The summed E-state index contributed by atoms with van der Waals surface area (Å²) in [6.45, 7) is 1.54. The maximum atomic E-state index is 10.3. The van der Waals surface area contributed by atoms with Gasteiger partial charge in [-0.1, -0.05) is 6.08 Å². The number of hydrogen-bond donors (Lipinski definition) is 3. The molecule has 2 unspecified atom stereocenters. The molecule has 0 fully saturated rings. The molecule has 0 radical (unpaired) electrons. The molecule has 4 heteroatoms. The Morgan fingerprint density at radius 2 is 2.29 bits per heavy atom. The highest BCUT2D eigenvalue weighted by Crippen LogP contribution is 2.26. The third-order valence-corrected chi connectivity index (χ3v) is 2.06. The van der Waals surface area contributed by atoms with E-state index in [1.165, 1.54) is 24.3 Å². The lowest BCUT2D eigenvalue weighted by Crippen LogP contribution is -2.31. The van der Waals surface area contributed by atoms with Gasteiger partial charge >= 0.3 is 5.97 Å². The number of carboxylic acids is 1. The van der Waals surface area contributed by atoms with Gasteiger partial charge in [-0.25, -0.2) is 4.79 Å². The molecule has 0 aliphatic heterocycles. The number of carbonyl (C=O) groups is 1. The molecule has 1 aliphatic rings. The van der Waals surface area contributed by atoms with Gasteiger partial charge in [-0.2, -0.15) is 0 Å². The summed E-state index contributed by atoms with van der Waals surface area (Å²) in [5.41, 5.74) is -1.15. The van der Waals surface area contributed by atoms with E-state index < -0.39 is 17.5 Å². The third kappa shape index (κ3) is 2.47. The van der Waals surface area contributed by atoms with Gasteiger partial charge in [-0.05, 0) is 25.2 Å². The molecule has 0 spiro atoms. The van der Waals surface area contributed by atoms with Crippen LogP contribution in [0.3, 0.4) is 0 Å². The van der Waals surface area contributed by atoms with Crippen LogP contribution in [-0.2, 0) is 4.79 Å². The summed E-state index contributed by atoms with van der Waals surface area (Å²) in [5.74, 6) is -1.58. The van der Waals surface area contributed by atoms with Crippen LogP contribution in [0, 0.1) is 5.92 Å². The highest BCUT2D eigenvalue weighted by atomic mass is 16.4. The zero-order valence-electron chi connectivity index (χ0n) is 7.71. The number of aliphatic hydroxyl groups is 2. The van der Waals surface area contributed by atoms with E-state index in [9.17, 15) is 9.90 Å². The van der Waals surface area contributed by atoms with Crippen molar-refractivity contribution in [2.75, 3.05) is 0 Å². The first-order chi connectivity index (χ1) is 6.42. The summed E-state index contributed by atoms with van der Waals surface area (Å²) >= 11 is 0. The molecular formula is C10H12O4. The second-order valence-electron chi connectivity index (χ2n) is 3.37. The Kier molecular flexibility index (Phi) is 2.76. The van der Waals surface area contributed by atoms with E-state index in [-0.39, 0.29) is 5.76 Å². The summed E-state index contributed by atoms with van der Waals surface area (Å²) in [5, 5.41) is 27.3. The standard InChI is InChI=1S/C10H12O4/c1-10(14)5-4-8(11)6-7(10)2-3-9(12)13/h2-7,11,14H,1H3,(H,12,13)/b3-2+. The molecule has 0 amide bonds. The number of hydrogen-bond acceptors (Lipinski definition) is 3. The van der Waals surface area contributed by atoms with Crippen LogP contribution in [0.25, 0.3) is 0 Å². The van der Waals surface area contributed by atoms with Gasteiger partial charge in [-0.3, -0.25) is 0 Å². The van der Waals surface area contributed by atoms with Crippen LogP contribution >= 0.6 is 0 Å². The van der Waals surface area contributed by atoms with Gasteiger partial charge in [0.25, 0.3) is 0 Å². The van der Waals surface area contributed by atoms with Gasteiger partial charge < -0.3 is 15.3 Å². The van der Waals surface area contributed by atoms with Crippen LogP contribution in [0.4, 0.5) is 0 Å². The summed E-state index contributed by atoms with van der Waals surface area (Å²) in [4.78, 5) is 10.3. The molecule has 0 aromatic rings. The lowest BCUT2D eigenvalue weighted by atomic mass is 9.85. The molecule has 1 rings (SSSR count). The predicted molar refractivity (Wildman–Crippen MR) is 50.7 cm³/mol. The molecule has 0 saturated carbocycles. The van der Waals surface area contributed by atoms with E-state index in [1.54, 1.807) is 6.92 Å². The summed E-state index contributed by atoms with van der Waals surface area (Å²) < 4.78 is 0. The SMILES string of the molecule is CC1(O)C=CC(O)=CC1/C=C/C(=O)O. The van der Waals surface area contributed by atoms with E-state index >= 15 is 0 Å². The average molecular weight is 196 g/mol. The zero-order valence-corrected chi connectivity index (χ0v) is 7.71. The molecule has 0 bridgehead atoms. The Bertz CT molecular complexity index is 323. The Morgan fingerprint density at radius 3 is 2.86 bits per heavy atom. The van der Waals surface area contributed by atoms with Crippen molar-refractivity contribution >= 4 is 5.97 Å². The van der Waals surface area contributed by atoms with E-state index in [2.05, 4.69) is 0 Å². The van der Waals surface area contributed by atoms with E-state index in [1.807, 2.05) is 0 Å². The topological polar surface area (TPSA) is 77.8 Å². The van der Waals surface area contributed by atoms with Crippen molar-refractivity contribution < 1.29 is 20.1 Å². The monoisotopic (exact) mass is 196 g/mol. The molecule has 2 atom stereocenters. The maximum absolute atomic E-state index is 10.3. The van der Waals surface area contributed by atoms with Crippen LogP contribution in [0.2, 0.25) is 0 Å². The number of aliphatic carboxylic acids is 1. The quantitative estimate of drug-likeness (QED) is 0.576. The van der Waals surface area contributed by atoms with Gasteiger partial charge in [0, 0.05) is 12.0 Å². The van der Waals surface area contributed by atoms with E-state index in [4.69, 9.17) is 10.2 Å². The molecule has 1 aliphatic carbocycles. The van der Waals surface area contributed by atoms with Crippen LogP contribution in [-0.4, -0.2) is 26.9 Å². The van der Waals surface area contributed by atoms with Gasteiger partial charge in [0.2, 0.25) is 0 Å². The number of allylic oxidation sites excluding steroid dienone is 1. The fourth-order valence-electron chi connectivity index (χ4n) is 1.21. The van der Waals surface area contributed by atoms with Crippen LogP contribution in [0.15, 0.2) is 36.1 Å². The fourth-order valence-corrected chi connectivity index (χ4v) is 1.21. The minimum absolute atomic E-state index is 0.0246. The minimum Gasteiger partial charge on any atom is -0.508 e. The second-order valence-corrected chi connectivity index (χ2v) is 3.37. The highest BCUT2D eigenvalue weighted by Gasteiger charge is 2.28. The normalized spacial score (nSPS) is 31.9. The minimum atomic E-state index is -1.15. The maximum Gasteiger partial charge on any atom is 0.327 e. The first kappa shape index (κ1) is 10.5.